The van der Waals surface area contributed by atoms with Crippen molar-refractivity contribution < 1.29 is 19.8 Å². The Balaban J connectivity index is 0. The topological polar surface area (TPSA) is 127 Å². The molecule has 0 aromatic heterocycles. The number of carboxylic acid groups (broad SMARTS) is 2. The van der Waals surface area contributed by atoms with Gasteiger partial charge in [0.05, 0.1) is 0 Å². The first-order valence-electron chi connectivity index (χ1n) is 9.53. The number of nitrogens with two attached hydrogens (primary N) is 2. The Bertz CT molecular complexity index is 321. The molecule has 0 rings (SSSR count). The maximum atomic E-state index is 10.1. The monoisotopic (exact) mass is 360 g/mol. The van der Waals surface area contributed by atoms with E-state index < -0.39 is 11.9 Å². The normalized spacial score (nSPS) is 12.2. The molecule has 6 nitrogen and oxygen atoms in total. The van der Waals surface area contributed by atoms with E-state index in [1.807, 2.05) is 0 Å². The van der Waals surface area contributed by atoms with Crippen LogP contribution in [0, 0.1) is 5.92 Å². The largest absolute Gasteiger partial charge is 0.481 e. The van der Waals surface area contributed by atoms with Gasteiger partial charge in [-0.1, -0.05) is 39.0 Å². The minimum Gasteiger partial charge on any atom is -0.481 e. The smallest absolute Gasteiger partial charge is 0.303 e. The molecule has 0 heterocycles. The lowest BCUT2D eigenvalue weighted by Gasteiger charge is -2.27. The second-order valence-corrected chi connectivity index (χ2v) is 7.42. The molecular weight excluding hydrogens is 320 g/mol. The Morgan fingerprint density at radius 3 is 1.56 bits per heavy atom. The van der Waals surface area contributed by atoms with Crippen LogP contribution in [-0.4, -0.2) is 34.2 Å². The van der Waals surface area contributed by atoms with E-state index in [9.17, 15) is 9.59 Å². The van der Waals surface area contributed by atoms with Crippen LogP contribution in [0.3, 0.4) is 0 Å². The van der Waals surface area contributed by atoms with Gasteiger partial charge in [-0.3, -0.25) is 9.59 Å². The highest BCUT2D eigenvalue weighted by Crippen LogP contribution is 2.18. The van der Waals surface area contributed by atoms with Crippen molar-refractivity contribution in [2.45, 2.75) is 96.9 Å². The Morgan fingerprint density at radius 1 is 0.840 bits per heavy atom. The number of hydrogen-bond acceptors (Lipinski definition) is 4. The molecule has 0 radical (unpaired) electrons. The average molecular weight is 361 g/mol. The van der Waals surface area contributed by atoms with Crippen molar-refractivity contribution in [3.8, 4) is 0 Å². The average Bonchev–Trinajstić information content (AvgIpc) is 2.49. The third-order valence-electron chi connectivity index (χ3n) is 4.39. The van der Waals surface area contributed by atoms with Gasteiger partial charge < -0.3 is 21.7 Å². The summed E-state index contributed by atoms with van der Waals surface area (Å²) < 4.78 is 0. The molecular formula is C19H40N2O4. The lowest BCUT2D eigenvalue weighted by Crippen LogP contribution is -2.39. The van der Waals surface area contributed by atoms with Crippen molar-refractivity contribution in [2.75, 3.05) is 6.54 Å². The van der Waals surface area contributed by atoms with Crippen LogP contribution in [0.4, 0.5) is 0 Å². The Kier molecular flexibility index (Phi) is 17.0. The molecule has 1 atom stereocenters. The number of rotatable bonds is 14. The molecule has 6 N–H and O–H groups in total. The third kappa shape index (κ3) is 22.9. The van der Waals surface area contributed by atoms with E-state index in [-0.39, 0.29) is 18.4 Å². The maximum absolute atomic E-state index is 10.1. The van der Waals surface area contributed by atoms with Gasteiger partial charge >= 0.3 is 11.9 Å². The van der Waals surface area contributed by atoms with Crippen LogP contribution in [0.5, 0.6) is 0 Å². The van der Waals surface area contributed by atoms with Gasteiger partial charge in [-0.05, 0) is 52.0 Å². The summed E-state index contributed by atoms with van der Waals surface area (Å²) in [5.41, 5.74) is 11.3. The fraction of sp³-hybridized carbons (Fsp3) is 0.895. The molecule has 0 amide bonds. The zero-order chi connectivity index (χ0) is 19.7. The summed E-state index contributed by atoms with van der Waals surface area (Å²) in [5, 5.41) is 16.7. The van der Waals surface area contributed by atoms with Crippen LogP contribution in [0.25, 0.3) is 0 Å². The highest BCUT2D eigenvalue weighted by Gasteiger charge is 2.19. The SMILES string of the molecule is CC(CCCCN)C(C)(C)N.O=C(O)CCCCCCCCC(=O)O. The summed E-state index contributed by atoms with van der Waals surface area (Å²) in [6, 6.07) is 0. The molecule has 0 bridgehead atoms. The van der Waals surface area contributed by atoms with E-state index >= 15 is 0 Å². The van der Waals surface area contributed by atoms with Crippen molar-refractivity contribution in [1.82, 2.24) is 0 Å². The Morgan fingerprint density at radius 2 is 1.24 bits per heavy atom. The van der Waals surface area contributed by atoms with E-state index in [1.54, 1.807) is 0 Å². The van der Waals surface area contributed by atoms with Gasteiger partial charge in [0, 0.05) is 18.4 Å². The highest BCUT2D eigenvalue weighted by molar-refractivity contribution is 5.66. The molecule has 0 fully saturated rings. The molecule has 150 valence electrons. The van der Waals surface area contributed by atoms with Crippen molar-refractivity contribution in [3.63, 3.8) is 0 Å². The molecule has 0 aromatic carbocycles. The first kappa shape index (κ1) is 26.1. The molecule has 0 saturated heterocycles. The van der Waals surface area contributed by atoms with Crippen LogP contribution < -0.4 is 11.5 Å². The Labute approximate surface area is 153 Å². The number of carboxylic acids is 2. The first-order valence-corrected chi connectivity index (χ1v) is 9.53. The van der Waals surface area contributed by atoms with E-state index in [4.69, 9.17) is 21.7 Å². The van der Waals surface area contributed by atoms with Gasteiger partial charge in [0.1, 0.15) is 0 Å². The maximum Gasteiger partial charge on any atom is 0.303 e. The molecule has 1 unspecified atom stereocenters. The number of unbranched alkanes of at least 4 members (excludes halogenated alkanes) is 6. The number of carbonyl (C=O) groups is 2. The predicted octanol–water partition coefficient (Wildman–Crippen LogP) is 3.77. The molecule has 0 aliphatic carbocycles. The van der Waals surface area contributed by atoms with Gasteiger partial charge in [0.15, 0.2) is 0 Å². The van der Waals surface area contributed by atoms with Crippen LogP contribution in [-0.2, 0) is 9.59 Å². The zero-order valence-electron chi connectivity index (χ0n) is 16.4. The summed E-state index contributed by atoms with van der Waals surface area (Å²) >= 11 is 0. The summed E-state index contributed by atoms with van der Waals surface area (Å²) in [5.74, 6) is -0.888. The summed E-state index contributed by atoms with van der Waals surface area (Å²) in [4.78, 5) is 20.3. The van der Waals surface area contributed by atoms with Crippen LogP contribution >= 0.6 is 0 Å². The fourth-order valence-corrected chi connectivity index (χ4v) is 2.23. The van der Waals surface area contributed by atoms with Crippen LogP contribution in [0.2, 0.25) is 0 Å². The molecule has 25 heavy (non-hydrogen) atoms. The minimum absolute atomic E-state index is 0.0331. The second-order valence-electron chi connectivity index (χ2n) is 7.42. The third-order valence-corrected chi connectivity index (χ3v) is 4.39. The van der Waals surface area contributed by atoms with Crippen LogP contribution in [0.1, 0.15) is 91.4 Å². The lowest BCUT2D eigenvalue weighted by molar-refractivity contribution is -0.138. The summed E-state index contributed by atoms with van der Waals surface area (Å²) in [6.07, 6.45) is 9.35. The zero-order valence-corrected chi connectivity index (χ0v) is 16.4. The van der Waals surface area contributed by atoms with Gasteiger partial charge in [-0.15, -0.1) is 0 Å². The minimum atomic E-state index is -0.740. The van der Waals surface area contributed by atoms with E-state index in [0.29, 0.717) is 5.92 Å². The molecule has 6 heteroatoms. The standard InChI is InChI=1S/C10H18O4.C9H22N2/c11-9(12)7-5-3-1-2-4-6-8-10(13)14;1-8(9(2,3)11)6-4-5-7-10/h1-8H2,(H,11,12)(H,13,14);8H,4-7,10-11H2,1-3H3. The molecule has 0 saturated carbocycles. The second kappa shape index (κ2) is 16.3. The molecule has 0 aromatic rings. The van der Waals surface area contributed by atoms with Crippen molar-refractivity contribution >= 4 is 11.9 Å². The van der Waals surface area contributed by atoms with Crippen molar-refractivity contribution in [3.05, 3.63) is 0 Å². The molecule has 0 spiro atoms. The fourth-order valence-electron chi connectivity index (χ4n) is 2.23. The van der Waals surface area contributed by atoms with Crippen molar-refractivity contribution in [2.24, 2.45) is 17.4 Å². The van der Waals surface area contributed by atoms with Gasteiger partial charge in [0.25, 0.3) is 0 Å². The molecule has 0 aliphatic heterocycles. The van der Waals surface area contributed by atoms with Gasteiger partial charge in [-0.25, -0.2) is 0 Å². The quantitative estimate of drug-likeness (QED) is 0.349. The lowest BCUT2D eigenvalue weighted by atomic mass is 9.86. The summed E-state index contributed by atoms with van der Waals surface area (Å²) in [7, 11) is 0. The van der Waals surface area contributed by atoms with E-state index in [2.05, 4.69) is 20.8 Å². The Hall–Kier alpha value is -1.14. The number of aliphatic carboxylic acids is 2. The van der Waals surface area contributed by atoms with E-state index in [1.165, 1.54) is 12.8 Å². The molecule has 0 aliphatic rings. The van der Waals surface area contributed by atoms with Crippen molar-refractivity contribution in [1.29, 1.82) is 0 Å². The van der Waals surface area contributed by atoms with E-state index in [0.717, 1.165) is 51.5 Å². The van der Waals surface area contributed by atoms with Gasteiger partial charge in [0.2, 0.25) is 0 Å². The van der Waals surface area contributed by atoms with Gasteiger partial charge in [-0.2, -0.15) is 0 Å². The predicted molar refractivity (Wildman–Crippen MR) is 103 cm³/mol. The summed E-state index contributed by atoms with van der Waals surface area (Å²) in [6.45, 7) is 7.18. The first-order chi connectivity index (χ1) is 11.6. The van der Waals surface area contributed by atoms with Crippen LogP contribution in [0.15, 0.2) is 0 Å². The number of hydrogen-bond donors (Lipinski definition) is 4. The highest BCUT2D eigenvalue weighted by atomic mass is 16.4.